The van der Waals surface area contributed by atoms with E-state index in [1.165, 1.54) is 18.4 Å². The summed E-state index contributed by atoms with van der Waals surface area (Å²) in [5, 5.41) is 3.60. The van der Waals surface area contributed by atoms with Crippen molar-refractivity contribution in [3.8, 4) is 0 Å². The van der Waals surface area contributed by atoms with Gasteiger partial charge in [-0.1, -0.05) is 6.92 Å². The van der Waals surface area contributed by atoms with Gasteiger partial charge >= 0.3 is 0 Å². The summed E-state index contributed by atoms with van der Waals surface area (Å²) in [4.78, 5) is 0. The monoisotopic (exact) mass is 222 g/mol. The van der Waals surface area contributed by atoms with Crippen molar-refractivity contribution >= 4 is 0 Å². The summed E-state index contributed by atoms with van der Waals surface area (Å²) in [7, 11) is 2.06. The molecule has 0 amide bonds. The summed E-state index contributed by atoms with van der Waals surface area (Å²) in [5.74, 6) is 0. The molecule has 1 aromatic heterocycles. The van der Waals surface area contributed by atoms with Gasteiger partial charge in [-0.05, 0) is 30.9 Å². The molecular weight excluding hydrogens is 200 g/mol. The van der Waals surface area contributed by atoms with Crippen LogP contribution >= 0.6 is 0 Å². The van der Waals surface area contributed by atoms with Crippen LogP contribution < -0.4 is 5.32 Å². The molecule has 0 aromatic carbocycles. The molecule has 1 aliphatic heterocycles. The van der Waals surface area contributed by atoms with E-state index in [-0.39, 0.29) is 0 Å². The van der Waals surface area contributed by atoms with Crippen LogP contribution in [0.5, 0.6) is 0 Å². The molecule has 1 fully saturated rings. The molecule has 2 atom stereocenters. The second kappa shape index (κ2) is 5.51. The molecule has 0 radical (unpaired) electrons. The van der Waals surface area contributed by atoms with Gasteiger partial charge in [0.2, 0.25) is 0 Å². The van der Waals surface area contributed by atoms with Crippen LogP contribution in [-0.2, 0) is 18.3 Å². The largest absolute Gasteiger partial charge is 0.377 e. The first-order valence-corrected chi connectivity index (χ1v) is 6.25. The van der Waals surface area contributed by atoms with Gasteiger partial charge in [-0.3, -0.25) is 0 Å². The molecule has 1 N–H and O–H groups in total. The maximum Gasteiger partial charge on any atom is 0.0728 e. The average Bonchev–Trinajstić information content (AvgIpc) is 2.91. The molecule has 16 heavy (non-hydrogen) atoms. The molecule has 2 heterocycles. The highest BCUT2D eigenvalue weighted by Crippen LogP contribution is 2.17. The fourth-order valence-electron chi connectivity index (χ4n) is 2.37. The Balaban J connectivity index is 1.82. The third kappa shape index (κ3) is 2.86. The Morgan fingerprint density at radius 2 is 2.50 bits per heavy atom. The molecule has 1 aromatic rings. The highest BCUT2D eigenvalue weighted by atomic mass is 16.5. The molecule has 0 aliphatic carbocycles. The van der Waals surface area contributed by atoms with Gasteiger partial charge < -0.3 is 14.6 Å². The van der Waals surface area contributed by atoms with Gasteiger partial charge in [-0.25, -0.2) is 0 Å². The highest BCUT2D eigenvalue weighted by Gasteiger charge is 2.23. The van der Waals surface area contributed by atoms with E-state index in [2.05, 4.69) is 42.3 Å². The molecule has 90 valence electrons. The van der Waals surface area contributed by atoms with Crippen molar-refractivity contribution < 1.29 is 4.74 Å². The molecule has 3 heteroatoms. The fourth-order valence-corrected chi connectivity index (χ4v) is 2.37. The number of ether oxygens (including phenoxy) is 1. The van der Waals surface area contributed by atoms with Crippen LogP contribution in [0.1, 0.15) is 31.7 Å². The molecule has 1 aliphatic rings. The Labute approximate surface area is 97.8 Å². The Hall–Kier alpha value is -0.800. The van der Waals surface area contributed by atoms with E-state index in [1.54, 1.807) is 0 Å². The minimum Gasteiger partial charge on any atom is -0.377 e. The van der Waals surface area contributed by atoms with Crippen molar-refractivity contribution in [3.05, 3.63) is 24.0 Å². The first-order chi connectivity index (χ1) is 7.79. The minimum absolute atomic E-state index is 0.425. The Morgan fingerprint density at radius 3 is 3.06 bits per heavy atom. The summed E-state index contributed by atoms with van der Waals surface area (Å²) >= 11 is 0. The van der Waals surface area contributed by atoms with Gasteiger partial charge in [0.25, 0.3) is 0 Å². The summed E-state index contributed by atoms with van der Waals surface area (Å²) < 4.78 is 7.82. The first-order valence-electron chi connectivity index (χ1n) is 6.25. The molecule has 1 saturated heterocycles. The van der Waals surface area contributed by atoms with Crippen LogP contribution in [0.4, 0.5) is 0 Å². The Bertz CT molecular complexity index is 315. The van der Waals surface area contributed by atoms with Gasteiger partial charge in [0.05, 0.1) is 6.10 Å². The third-order valence-corrected chi connectivity index (χ3v) is 3.32. The van der Waals surface area contributed by atoms with Crippen molar-refractivity contribution in [2.24, 2.45) is 7.05 Å². The molecular formula is C13H22N2O. The number of nitrogens with one attached hydrogen (secondary N) is 1. The maximum absolute atomic E-state index is 5.73. The number of nitrogens with zero attached hydrogens (tertiary/aromatic N) is 1. The minimum atomic E-state index is 0.425. The van der Waals surface area contributed by atoms with Crippen molar-refractivity contribution in [2.45, 2.75) is 44.9 Å². The van der Waals surface area contributed by atoms with Gasteiger partial charge in [0.15, 0.2) is 0 Å². The van der Waals surface area contributed by atoms with E-state index < -0.39 is 0 Å². The van der Waals surface area contributed by atoms with Crippen LogP contribution in [0.25, 0.3) is 0 Å². The van der Waals surface area contributed by atoms with Crippen LogP contribution in [0, 0.1) is 0 Å². The fraction of sp³-hybridized carbons (Fsp3) is 0.692. The van der Waals surface area contributed by atoms with Gasteiger partial charge in [0.1, 0.15) is 0 Å². The zero-order chi connectivity index (χ0) is 11.4. The Kier molecular flexibility index (Phi) is 4.02. The lowest BCUT2D eigenvalue weighted by atomic mass is 10.1. The van der Waals surface area contributed by atoms with Crippen LogP contribution in [0.15, 0.2) is 18.5 Å². The van der Waals surface area contributed by atoms with Crippen LogP contribution in [0.3, 0.4) is 0 Å². The predicted molar refractivity (Wildman–Crippen MR) is 65.3 cm³/mol. The van der Waals surface area contributed by atoms with Crippen molar-refractivity contribution in [2.75, 3.05) is 6.61 Å². The number of aromatic nitrogens is 1. The molecule has 0 spiro atoms. The van der Waals surface area contributed by atoms with Gasteiger partial charge in [0, 0.05) is 38.6 Å². The van der Waals surface area contributed by atoms with E-state index in [0.29, 0.717) is 12.1 Å². The van der Waals surface area contributed by atoms with Crippen LogP contribution in [-0.4, -0.2) is 23.3 Å². The summed E-state index contributed by atoms with van der Waals surface area (Å²) in [6.07, 6.45) is 8.24. The topological polar surface area (TPSA) is 26.2 Å². The van der Waals surface area contributed by atoms with Crippen molar-refractivity contribution in [3.63, 3.8) is 0 Å². The van der Waals surface area contributed by atoms with E-state index in [0.717, 1.165) is 19.6 Å². The van der Waals surface area contributed by atoms with E-state index >= 15 is 0 Å². The Morgan fingerprint density at radius 1 is 1.62 bits per heavy atom. The number of hydrogen-bond donors (Lipinski definition) is 1. The second-order valence-corrected chi connectivity index (χ2v) is 4.63. The summed E-state index contributed by atoms with van der Waals surface area (Å²) in [6.45, 7) is 4.11. The predicted octanol–water partition coefficient (Wildman–Crippen LogP) is 2.07. The number of hydrogen-bond acceptors (Lipinski definition) is 2. The first kappa shape index (κ1) is 11.7. The van der Waals surface area contributed by atoms with E-state index in [4.69, 9.17) is 4.74 Å². The van der Waals surface area contributed by atoms with Crippen molar-refractivity contribution in [1.82, 2.24) is 9.88 Å². The second-order valence-electron chi connectivity index (χ2n) is 4.63. The standard InChI is InChI=1S/C13H22N2O/c1-3-12(13-5-4-8-16-13)14-9-11-6-7-15(2)10-11/h6-7,10,12-14H,3-5,8-9H2,1-2H3. The molecule has 2 unspecified atom stereocenters. The molecule has 0 saturated carbocycles. The van der Waals surface area contributed by atoms with Crippen LogP contribution in [0.2, 0.25) is 0 Å². The lowest BCUT2D eigenvalue weighted by molar-refractivity contribution is 0.0765. The maximum atomic E-state index is 5.73. The quantitative estimate of drug-likeness (QED) is 0.825. The summed E-state index contributed by atoms with van der Waals surface area (Å²) in [5.41, 5.74) is 1.35. The smallest absolute Gasteiger partial charge is 0.0728 e. The van der Waals surface area contributed by atoms with Gasteiger partial charge in [-0.2, -0.15) is 0 Å². The SMILES string of the molecule is CCC(NCc1ccn(C)c1)C1CCCO1. The lowest BCUT2D eigenvalue weighted by Gasteiger charge is -2.22. The van der Waals surface area contributed by atoms with E-state index in [1.807, 2.05) is 0 Å². The molecule has 3 nitrogen and oxygen atoms in total. The third-order valence-electron chi connectivity index (χ3n) is 3.32. The lowest BCUT2D eigenvalue weighted by Crippen LogP contribution is -2.38. The number of rotatable bonds is 5. The van der Waals surface area contributed by atoms with Gasteiger partial charge in [-0.15, -0.1) is 0 Å². The van der Waals surface area contributed by atoms with Crippen molar-refractivity contribution in [1.29, 1.82) is 0 Å². The zero-order valence-corrected chi connectivity index (χ0v) is 10.3. The van der Waals surface area contributed by atoms with E-state index in [9.17, 15) is 0 Å². The molecule has 0 bridgehead atoms. The molecule has 2 rings (SSSR count). The normalized spacial score (nSPS) is 22.5. The number of aryl methyl sites for hydroxylation is 1. The summed E-state index contributed by atoms with van der Waals surface area (Å²) in [6, 6.07) is 2.66. The average molecular weight is 222 g/mol. The highest BCUT2D eigenvalue weighted by molar-refractivity contribution is 5.09. The zero-order valence-electron chi connectivity index (χ0n) is 10.3.